The maximum absolute atomic E-state index is 5.01. The van der Waals surface area contributed by atoms with Crippen molar-refractivity contribution >= 4 is 49.7 Å². The van der Waals surface area contributed by atoms with Crippen molar-refractivity contribution in [3.63, 3.8) is 0 Å². The molecule has 0 radical (unpaired) electrons. The predicted molar refractivity (Wildman–Crippen MR) is 124 cm³/mol. The maximum atomic E-state index is 5.01. The number of aromatic nitrogens is 4. The van der Waals surface area contributed by atoms with Gasteiger partial charge in [-0.25, -0.2) is 4.98 Å². The Morgan fingerprint density at radius 1 is 0.600 bits per heavy atom. The molecule has 3 aromatic heterocycles. The third-order valence-electron chi connectivity index (χ3n) is 6.25. The molecule has 0 aliphatic carbocycles. The summed E-state index contributed by atoms with van der Waals surface area (Å²) in [4.78, 5) is 5.01. The van der Waals surface area contributed by atoms with Crippen LogP contribution in [0.1, 0.15) is 0 Å². The van der Waals surface area contributed by atoms with Crippen molar-refractivity contribution in [1.82, 2.24) is 18.5 Å². The van der Waals surface area contributed by atoms with E-state index in [2.05, 4.69) is 106 Å². The lowest BCUT2D eigenvalue weighted by molar-refractivity contribution is 1.01. The van der Waals surface area contributed by atoms with Crippen molar-refractivity contribution in [3.05, 3.63) is 91.0 Å². The fraction of sp³-hybridized carbons (Fsp3) is 0.0385. The van der Waals surface area contributed by atoms with Crippen molar-refractivity contribution in [3.8, 4) is 5.69 Å². The number of aryl methyl sites for hydroxylation is 1. The molecule has 4 nitrogen and oxygen atoms in total. The van der Waals surface area contributed by atoms with Crippen LogP contribution in [-0.2, 0) is 7.05 Å². The van der Waals surface area contributed by atoms with Crippen molar-refractivity contribution in [2.75, 3.05) is 0 Å². The minimum absolute atomic E-state index is 0.942. The molecule has 0 unspecified atom stereocenters. The molecule has 0 spiro atoms. The van der Waals surface area contributed by atoms with Crippen molar-refractivity contribution in [2.24, 2.45) is 7.05 Å². The molecule has 0 aliphatic rings. The monoisotopic (exact) mass is 386 g/mol. The van der Waals surface area contributed by atoms with E-state index in [1.165, 1.54) is 32.8 Å². The first-order valence-corrected chi connectivity index (χ1v) is 10.2. The molecule has 3 heterocycles. The summed E-state index contributed by atoms with van der Waals surface area (Å²) >= 11 is 0. The van der Waals surface area contributed by atoms with Gasteiger partial charge >= 0.3 is 0 Å². The second-order valence-corrected chi connectivity index (χ2v) is 7.84. The molecular weight excluding hydrogens is 368 g/mol. The summed E-state index contributed by atoms with van der Waals surface area (Å²) in [6, 6.07) is 32.1. The number of hydrogen-bond donors (Lipinski definition) is 0. The molecule has 0 fully saturated rings. The highest BCUT2D eigenvalue weighted by atomic mass is 15.2. The Hall–Kier alpha value is -4.05. The van der Waals surface area contributed by atoms with Gasteiger partial charge in [-0.15, -0.1) is 0 Å². The largest absolute Gasteiger partial charge is 0.344 e. The molecule has 142 valence electrons. The summed E-state index contributed by atoms with van der Waals surface area (Å²) in [7, 11) is 2.15. The van der Waals surface area contributed by atoms with Gasteiger partial charge in [0.15, 0.2) is 0 Å². The first kappa shape index (κ1) is 15.8. The van der Waals surface area contributed by atoms with Crippen molar-refractivity contribution in [1.29, 1.82) is 0 Å². The number of imidazole rings is 2. The average Bonchev–Trinajstić information content (AvgIpc) is 3.41. The molecule has 4 aromatic carbocycles. The fourth-order valence-corrected chi connectivity index (χ4v) is 4.88. The molecule has 30 heavy (non-hydrogen) atoms. The van der Waals surface area contributed by atoms with Crippen molar-refractivity contribution < 1.29 is 0 Å². The highest BCUT2D eigenvalue weighted by Crippen LogP contribution is 2.35. The lowest BCUT2D eigenvalue weighted by Gasteiger charge is -2.05. The Balaban J connectivity index is 1.77. The average molecular weight is 386 g/mol. The molecule has 0 amide bonds. The summed E-state index contributed by atoms with van der Waals surface area (Å²) in [5.74, 6) is 0.942. The van der Waals surface area contributed by atoms with Gasteiger partial charge in [0, 0.05) is 29.0 Å². The van der Waals surface area contributed by atoms with Crippen LogP contribution in [0.15, 0.2) is 91.0 Å². The zero-order chi connectivity index (χ0) is 19.8. The van der Waals surface area contributed by atoms with Crippen molar-refractivity contribution in [2.45, 2.75) is 0 Å². The van der Waals surface area contributed by atoms with E-state index in [-0.39, 0.29) is 0 Å². The smallest absolute Gasteiger partial charge is 0.220 e. The lowest BCUT2D eigenvalue weighted by atomic mass is 10.1. The number of para-hydroxylation sites is 4. The first-order chi connectivity index (χ1) is 14.8. The van der Waals surface area contributed by atoms with Gasteiger partial charge in [0.1, 0.15) is 0 Å². The highest BCUT2D eigenvalue weighted by molar-refractivity contribution is 6.12. The van der Waals surface area contributed by atoms with Gasteiger partial charge < -0.3 is 4.57 Å². The van der Waals surface area contributed by atoms with E-state index in [1.54, 1.807) is 0 Å². The molecule has 7 rings (SSSR count). The topological polar surface area (TPSA) is 27.2 Å². The van der Waals surface area contributed by atoms with Gasteiger partial charge in [0.25, 0.3) is 0 Å². The molecule has 0 saturated heterocycles. The Labute approximate surface area is 172 Å². The van der Waals surface area contributed by atoms with Crippen LogP contribution < -0.4 is 0 Å². The fourth-order valence-electron chi connectivity index (χ4n) is 4.88. The van der Waals surface area contributed by atoms with E-state index in [4.69, 9.17) is 4.98 Å². The van der Waals surface area contributed by atoms with Crippen LogP contribution in [0.5, 0.6) is 0 Å². The summed E-state index contributed by atoms with van der Waals surface area (Å²) in [5, 5.41) is 2.54. The number of fused-ring (bicyclic) bond motifs is 8. The summed E-state index contributed by atoms with van der Waals surface area (Å²) in [6.07, 6.45) is 0. The Kier molecular flexibility index (Phi) is 2.91. The van der Waals surface area contributed by atoms with E-state index in [1.807, 2.05) is 6.07 Å². The molecule has 0 N–H and O–H groups in total. The third kappa shape index (κ3) is 1.88. The quantitative estimate of drug-likeness (QED) is 0.336. The van der Waals surface area contributed by atoms with E-state index >= 15 is 0 Å². The SMILES string of the molecule is Cn1c2ccccc2c2cc3c(cc21)n1c2ccccc2nc1n3-c1ccccc1. The highest BCUT2D eigenvalue weighted by Gasteiger charge is 2.19. The number of hydrogen-bond acceptors (Lipinski definition) is 1. The van der Waals surface area contributed by atoms with Gasteiger partial charge in [-0.05, 0) is 42.5 Å². The molecule has 7 aromatic rings. The zero-order valence-electron chi connectivity index (χ0n) is 16.4. The molecule has 0 aliphatic heterocycles. The molecule has 0 saturated carbocycles. The Morgan fingerprint density at radius 3 is 2.20 bits per heavy atom. The molecule has 0 atom stereocenters. The second-order valence-electron chi connectivity index (χ2n) is 7.84. The lowest BCUT2D eigenvalue weighted by Crippen LogP contribution is -1.94. The summed E-state index contributed by atoms with van der Waals surface area (Å²) in [5.41, 5.74) is 8.07. The Bertz CT molecular complexity index is 1750. The molecule has 4 heteroatoms. The standard InChI is InChI=1S/C26H18N4/c1-28-21-13-7-5-11-18(21)19-15-24-25(16-23(19)28)30-22-14-8-6-12-20(22)27-26(30)29(24)17-9-3-2-4-10-17/h2-16H,1H3. The van der Waals surface area contributed by atoms with E-state index in [9.17, 15) is 0 Å². The van der Waals surface area contributed by atoms with Crippen LogP contribution in [0, 0.1) is 0 Å². The van der Waals surface area contributed by atoms with Gasteiger partial charge in [0.2, 0.25) is 5.78 Å². The molecule has 0 bridgehead atoms. The van der Waals surface area contributed by atoms with Crippen LogP contribution in [0.4, 0.5) is 0 Å². The van der Waals surface area contributed by atoms with Gasteiger partial charge in [-0.1, -0.05) is 48.5 Å². The van der Waals surface area contributed by atoms with Crippen LogP contribution in [0.25, 0.3) is 55.3 Å². The summed E-state index contributed by atoms with van der Waals surface area (Å²) in [6.45, 7) is 0. The zero-order valence-corrected chi connectivity index (χ0v) is 16.4. The van der Waals surface area contributed by atoms with E-state index in [0.29, 0.717) is 0 Å². The number of nitrogens with zero attached hydrogens (tertiary/aromatic N) is 4. The van der Waals surface area contributed by atoms with E-state index < -0.39 is 0 Å². The maximum Gasteiger partial charge on any atom is 0.220 e. The van der Waals surface area contributed by atoms with Crippen LogP contribution in [0.2, 0.25) is 0 Å². The Morgan fingerprint density at radius 2 is 1.33 bits per heavy atom. The second kappa shape index (κ2) is 5.51. The number of benzene rings is 4. The predicted octanol–water partition coefficient (Wildman–Crippen LogP) is 6.08. The van der Waals surface area contributed by atoms with E-state index in [0.717, 1.165) is 22.5 Å². The third-order valence-corrected chi connectivity index (χ3v) is 6.25. The molecular formula is C26H18N4. The first-order valence-electron chi connectivity index (χ1n) is 10.2. The van der Waals surface area contributed by atoms with Gasteiger partial charge in [-0.2, -0.15) is 0 Å². The summed E-state index contributed by atoms with van der Waals surface area (Å²) < 4.78 is 6.85. The van der Waals surface area contributed by atoms with Crippen LogP contribution >= 0.6 is 0 Å². The van der Waals surface area contributed by atoms with Crippen LogP contribution in [-0.4, -0.2) is 18.5 Å². The van der Waals surface area contributed by atoms with Crippen LogP contribution in [0.3, 0.4) is 0 Å². The van der Waals surface area contributed by atoms with Gasteiger partial charge in [-0.3, -0.25) is 8.97 Å². The minimum atomic E-state index is 0.942. The van der Waals surface area contributed by atoms with Gasteiger partial charge in [0.05, 0.1) is 27.6 Å². The number of rotatable bonds is 1. The minimum Gasteiger partial charge on any atom is -0.344 e. The normalized spacial score (nSPS) is 12.2.